The molecule has 0 bridgehead atoms. The van der Waals surface area contributed by atoms with Crippen LogP contribution in [0.2, 0.25) is 0 Å². The van der Waals surface area contributed by atoms with E-state index in [1.807, 2.05) is 7.05 Å². The molecule has 0 heterocycles. The number of nitrogens with zero attached hydrogens (tertiary/aromatic N) is 1. The Morgan fingerprint density at radius 1 is 1.53 bits per heavy atom. The van der Waals surface area contributed by atoms with Crippen molar-refractivity contribution < 1.29 is 4.39 Å². The maximum atomic E-state index is 13.2. The van der Waals surface area contributed by atoms with Crippen LogP contribution in [-0.4, -0.2) is 35.5 Å². The Morgan fingerprint density at radius 2 is 2.24 bits per heavy atom. The second kappa shape index (κ2) is 6.93. The molecule has 0 saturated carbocycles. The van der Waals surface area contributed by atoms with Crippen LogP contribution in [0.4, 0.5) is 4.39 Å². The number of thiocarbonyl (C=S) groups is 1. The largest absolute Gasteiger partial charge is 0.389 e. The number of halogens is 1. The second-order valence-corrected chi connectivity index (χ2v) is 5.32. The molecule has 0 unspecified atom stereocenters. The molecule has 17 heavy (non-hydrogen) atoms. The van der Waals surface area contributed by atoms with E-state index in [9.17, 15) is 4.39 Å². The molecule has 2 N–H and O–H groups in total. The molecule has 5 heteroatoms. The van der Waals surface area contributed by atoms with E-state index in [1.165, 1.54) is 12.1 Å². The average Bonchev–Trinajstić information content (AvgIpc) is 2.26. The van der Waals surface area contributed by atoms with Gasteiger partial charge in [-0.1, -0.05) is 12.2 Å². The number of hydrogen-bond acceptors (Lipinski definition) is 3. The monoisotopic (exact) mass is 272 g/mol. The lowest BCUT2D eigenvalue weighted by Gasteiger charge is -2.18. The van der Waals surface area contributed by atoms with Crippen molar-refractivity contribution in [2.75, 3.05) is 25.6 Å². The molecule has 2 nitrogen and oxygen atoms in total. The highest BCUT2D eigenvalue weighted by atomic mass is 32.2. The van der Waals surface area contributed by atoms with Crippen LogP contribution in [0.15, 0.2) is 18.2 Å². The number of thioether (sulfide) groups is 1. The minimum atomic E-state index is -0.252. The fourth-order valence-corrected chi connectivity index (χ4v) is 2.24. The zero-order valence-corrected chi connectivity index (χ0v) is 11.7. The highest BCUT2D eigenvalue weighted by molar-refractivity contribution is 7.98. The van der Waals surface area contributed by atoms with Gasteiger partial charge in [0.25, 0.3) is 0 Å². The first-order valence-corrected chi connectivity index (χ1v) is 7.10. The molecule has 1 rings (SSSR count). The molecular weight excluding hydrogens is 255 g/mol. The van der Waals surface area contributed by atoms with Crippen molar-refractivity contribution in [3.63, 3.8) is 0 Å². The van der Waals surface area contributed by atoms with Crippen LogP contribution in [-0.2, 0) is 6.54 Å². The van der Waals surface area contributed by atoms with E-state index in [4.69, 9.17) is 18.0 Å². The van der Waals surface area contributed by atoms with Crippen LogP contribution in [0, 0.1) is 5.82 Å². The molecule has 0 radical (unpaired) electrons. The third-order valence-corrected chi connectivity index (χ3v) is 3.26. The summed E-state index contributed by atoms with van der Waals surface area (Å²) < 4.78 is 13.2. The van der Waals surface area contributed by atoms with Gasteiger partial charge in [0.05, 0.1) is 0 Å². The van der Waals surface area contributed by atoms with Crippen molar-refractivity contribution in [1.82, 2.24) is 4.90 Å². The predicted octanol–water partition coefficient (Wildman–Crippen LogP) is 2.25. The van der Waals surface area contributed by atoms with Gasteiger partial charge in [-0.15, -0.1) is 0 Å². The fourth-order valence-electron chi connectivity index (χ4n) is 1.55. The molecule has 1 aromatic carbocycles. The van der Waals surface area contributed by atoms with E-state index in [-0.39, 0.29) is 5.82 Å². The third kappa shape index (κ3) is 4.61. The van der Waals surface area contributed by atoms with Gasteiger partial charge in [-0.3, -0.25) is 0 Å². The Morgan fingerprint density at radius 3 is 2.82 bits per heavy atom. The highest BCUT2D eigenvalue weighted by Gasteiger charge is 2.09. The number of hydrogen-bond donors (Lipinski definition) is 1. The van der Waals surface area contributed by atoms with Gasteiger partial charge in [0.2, 0.25) is 0 Å². The quantitative estimate of drug-likeness (QED) is 0.804. The molecule has 0 aromatic heterocycles. The molecule has 0 fully saturated rings. The molecule has 0 saturated heterocycles. The third-order valence-electron chi connectivity index (χ3n) is 2.45. The zero-order valence-electron chi connectivity index (χ0n) is 10.1. The fraction of sp³-hybridized carbons (Fsp3) is 0.417. The van der Waals surface area contributed by atoms with Crippen molar-refractivity contribution in [2.45, 2.75) is 6.54 Å². The summed E-state index contributed by atoms with van der Waals surface area (Å²) in [5.74, 6) is 0.798. The Balaban J connectivity index is 2.81. The Hall–Kier alpha value is -0.650. The normalized spacial score (nSPS) is 10.8. The molecule has 1 aromatic rings. The number of nitrogens with two attached hydrogens (primary N) is 1. The first-order chi connectivity index (χ1) is 8.04. The van der Waals surface area contributed by atoms with Crippen LogP contribution < -0.4 is 5.73 Å². The van der Waals surface area contributed by atoms with E-state index in [2.05, 4.69) is 11.2 Å². The zero-order chi connectivity index (χ0) is 12.8. The van der Waals surface area contributed by atoms with Crippen LogP contribution in [0.5, 0.6) is 0 Å². The predicted molar refractivity (Wildman–Crippen MR) is 77.0 cm³/mol. The summed E-state index contributed by atoms with van der Waals surface area (Å²) >= 11 is 6.75. The summed E-state index contributed by atoms with van der Waals surface area (Å²) in [6, 6.07) is 4.54. The van der Waals surface area contributed by atoms with Crippen molar-refractivity contribution in [3.8, 4) is 0 Å². The molecule has 0 aliphatic heterocycles. The lowest BCUT2D eigenvalue weighted by atomic mass is 10.1. The molecule has 0 aliphatic rings. The van der Waals surface area contributed by atoms with Crippen molar-refractivity contribution >= 4 is 29.0 Å². The van der Waals surface area contributed by atoms with Gasteiger partial charge in [0.15, 0.2) is 0 Å². The first-order valence-electron chi connectivity index (χ1n) is 5.30. The summed E-state index contributed by atoms with van der Waals surface area (Å²) in [6.07, 6.45) is 2.07. The van der Waals surface area contributed by atoms with Crippen molar-refractivity contribution in [1.29, 1.82) is 0 Å². The average molecular weight is 272 g/mol. The summed E-state index contributed by atoms with van der Waals surface area (Å²) in [7, 11) is 2.00. The lowest BCUT2D eigenvalue weighted by molar-refractivity contribution is 0.348. The van der Waals surface area contributed by atoms with Crippen LogP contribution in [0.1, 0.15) is 11.1 Å². The van der Waals surface area contributed by atoms with Gasteiger partial charge in [-0.2, -0.15) is 11.8 Å². The first kappa shape index (κ1) is 14.4. The van der Waals surface area contributed by atoms with Gasteiger partial charge >= 0.3 is 0 Å². The maximum Gasteiger partial charge on any atom is 0.123 e. The van der Waals surface area contributed by atoms with Crippen LogP contribution >= 0.6 is 24.0 Å². The SMILES string of the molecule is CSCCN(C)Cc1cc(F)ccc1C(N)=S. The smallest absolute Gasteiger partial charge is 0.123 e. The summed E-state index contributed by atoms with van der Waals surface area (Å²) in [5.41, 5.74) is 7.24. The van der Waals surface area contributed by atoms with E-state index in [1.54, 1.807) is 17.8 Å². The number of benzene rings is 1. The standard InChI is InChI=1S/C12H17FN2S2/c1-15(5-6-17-2)8-9-7-10(13)3-4-11(9)12(14)16/h3-4,7H,5-6,8H2,1-2H3,(H2,14,16). The lowest BCUT2D eigenvalue weighted by Crippen LogP contribution is -2.23. The van der Waals surface area contributed by atoms with Gasteiger partial charge in [0, 0.05) is 24.4 Å². The minimum absolute atomic E-state index is 0.252. The number of rotatable bonds is 6. The van der Waals surface area contributed by atoms with Gasteiger partial charge in [-0.05, 0) is 37.1 Å². The Bertz CT molecular complexity index is 396. The van der Waals surface area contributed by atoms with Crippen molar-refractivity contribution in [2.24, 2.45) is 5.73 Å². The molecule has 0 amide bonds. The molecular formula is C12H17FN2S2. The Kier molecular flexibility index (Phi) is 5.88. The molecule has 0 spiro atoms. The van der Waals surface area contributed by atoms with Crippen LogP contribution in [0.3, 0.4) is 0 Å². The summed E-state index contributed by atoms with van der Waals surface area (Å²) in [6.45, 7) is 1.61. The molecule has 0 aliphatic carbocycles. The van der Waals surface area contributed by atoms with Gasteiger partial charge in [-0.25, -0.2) is 4.39 Å². The van der Waals surface area contributed by atoms with E-state index >= 15 is 0 Å². The molecule has 94 valence electrons. The summed E-state index contributed by atoms with van der Waals surface area (Å²) in [4.78, 5) is 2.45. The van der Waals surface area contributed by atoms with E-state index in [0.29, 0.717) is 11.5 Å². The maximum absolute atomic E-state index is 13.2. The van der Waals surface area contributed by atoms with E-state index < -0.39 is 0 Å². The van der Waals surface area contributed by atoms with Crippen LogP contribution in [0.25, 0.3) is 0 Å². The summed E-state index contributed by atoms with van der Waals surface area (Å²) in [5, 5.41) is 0. The minimum Gasteiger partial charge on any atom is -0.389 e. The van der Waals surface area contributed by atoms with Gasteiger partial charge in [0.1, 0.15) is 10.8 Å². The topological polar surface area (TPSA) is 29.3 Å². The highest BCUT2D eigenvalue weighted by Crippen LogP contribution is 2.13. The van der Waals surface area contributed by atoms with Gasteiger partial charge < -0.3 is 10.6 Å². The van der Waals surface area contributed by atoms with Crippen molar-refractivity contribution in [3.05, 3.63) is 35.1 Å². The Labute approximate surface area is 111 Å². The molecule has 0 atom stereocenters. The second-order valence-electron chi connectivity index (χ2n) is 3.90. The van der Waals surface area contributed by atoms with E-state index in [0.717, 1.165) is 23.4 Å².